The fraction of sp³-hybridized carbons (Fsp3) is 0.529. The highest BCUT2D eigenvalue weighted by atomic mass is 32.2. The lowest BCUT2D eigenvalue weighted by molar-refractivity contribution is -0.109. The van der Waals surface area contributed by atoms with Crippen molar-refractivity contribution in [2.24, 2.45) is 5.10 Å². The summed E-state index contributed by atoms with van der Waals surface area (Å²) >= 11 is 0. The van der Waals surface area contributed by atoms with Gasteiger partial charge >= 0.3 is 6.09 Å². The van der Waals surface area contributed by atoms with Gasteiger partial charge in [0.25, 0.3) is 15.9 Å². The summed E-state index contributed by atoms with van der Waals surface area (Å²) in [5, 5.41) is 5.93. The van der Waals surface area contributed by atoms with Crippen molar-refractivity contribution < 1.29 is 26.7 Å². The second-order valence-electron chi connectivity index (χ2n) is 7.66. The Kier molecular flexibility index (Phi) is 5.51. The Morgan fingerprint density at radius 2 is 1.78 bits per heavy atom. The van der Waals surface area contributed by atoms with E-state index in [4.69, 9.17) is 4.74 Å². The summed E-state index contributed by atoms with van der Waals surface area (Å²) < 4.78 is 56.2. The lowest BCUT2D eigenvalue weighted by atomic mass is 9.74. The molecule has 27 heavy (non-hydrogen) atoms. The molecule has 1 aliphatic rings. The number of aryl methyl sites for hydroxylation is 1. The molecule has 0 atom stereocenters. The molecule has 0 heterocycles. The largest absolute Gasteiger partial charge is 0.444 e. The standard InChI is InChI=1S/C17H23F2N3O4S/c1-12-5-7-13(8-6-12)27(24,25)22-20-11-16(9-17(18,19)10-16)21-14(23)26-15(2,3)4/h5-8,11,22H,9-10H2,1-4H3,(H,21,23). The van der Waals surface area contributed by atoms with E-state index in [-0.39, 0.29) is 4.90 Å². The summed E-state index contributed by atoms with van der Waals surface area (Å²) in [5.41, 5.74) is -1.40. The molecule has 10 heteroatoms. The number of alkyl carbamates (subject to hydrolysis) is 1. The molecule has 2 rings (SSSR count). The van der Waals surface area contributed by atoms with Crippen molar-refractivity contribution >= 4 is 22.3 Å². The van der Waals surface area contributed by atoms with Crippen LogP contribution < -0.4 is 10.1 Å². The van der Waals surface area contributed by atoms with Gasteiger partial charge in [-0.05, 0) is 39.8 Å². The Hall–Kier alpha value is -2.23. The van der Waals surface area contributed by atoms with E-state index in [9.17, 15) is 22.0 Å². The van der Waals surface area contributed by atoms with Crippen LogP contribution in [0.2, 0.25) is 0 Å². The summed E-state index contributed by atoms with van der Waals surface area (Å²) in [6, 6.07) is 6.05. The highest BCUT2D eigenvalue weighted by Crippen LogP contribution is 2.44. The minimum absolute atomic E-state index is 0.0154. The monoisotopic (exact) mass is 403 g/mol. The van der Waals surface area contributed by atoms with Crippen LogP contribution >= 0.6 is 0 Å². The Balaban J connectivity index is 2.09. The summed E-state index contributed by atoms with van der Waals surface area (Å²) in [6.45, 7) is 6.72. The minimum atomic E-state index is -3.95. The molecule has 150 valence electrons. The van der Waals surface area contributed by atoms with Gasteiger partial charge in [-0.15, -0.1) is 0 Å². The van der Waals surface area contributed by atoms with Gasteiger partial charge in [-0.1, -0.05) is 17.7 Å². The number of carbonyl (C=O) groups excluding carboxylic acids is 1. The molecule has 7 nitrogen and oxygen atoms in total. The summed E-state index contributed by atoms with van der Waals surface area (Å²) in [6.07, 6.45) is -1.31. The van der Waals surface area contributed by atoms with Crippen molar-refractivity contribution in [3.63, 3.8) is 0 Å². The second-order valence-corrected chi connectivity index (χ2v) is 9.32. The Morgan fingerprint density at radius 3 is 2.26 bits per heavy atom. The van der Waals surface area contributed by atoms with Crippen LogP contribution in [0.3, 0.4) is 0 Å². The Morgan fingerprint density at radius 1 is 1.22 bits per heavy atom. The van der Waals surface area contributed by atoms with Crippen molar-refractivity contribution in [1.82, 2.24) is 10.1 Å². The van der Waals surface area contributed by atoms with E-state index in [1.165, 1.54) is 12.1 Å². The number of halogens is 2. The lowest BCUT2D eigenvalue weighted by Gasteiger charge is -2.44. The number of hydrogen-bond donors (Lipinski definition) is 2. The third-order valence-electron chi connectivity index (χ3n) is 3.71. The van der Waals surface area contributed by atoms with E-state index >= 15 is 0 Å². The molecule has 0 aliphatic heterocycles. The molecule has 1 fully saturated rings. The van der Waals surface area contributed by atoms with Crippen LogP contribution in [0.5, 0.6) is 0 Å². The van der Waals surface area contributed by atoms with Crippen LogP contribution in [-0.4, -0.2) is 37.8 Å². The van der Waals surface area contributed by atoms with Gasteiger partial charge in [0, 0.05) is 12.8 Å². The van der Waals surface area contributed by atoms with Crippen LogP contribution in [0.4, 0.5) is 13.6 Å². The zero-order valence-electron chi connectivity index (χ0n) is 15.5. The second kappa shape index (κ2) is 7.06. The van der Waals surface area contributed by atoms with E-state index in [2.05, 4.69) is 10.4 Å². The van der Waals surface area contributed by atoms with Crippen LogP contribution in [-0.2, 0) is 14.8 Å². The number of carbonyl (C=O) groups is 1. The first kappa shape index (κ1) is 21.1. The van der Waals surface area contributed by atoms with Gasteiger partial charge in [-0.3, -0.25) is 0 Å². The summed E-state index contributed by atoms with van der Waals surface area (Å²) in [5.74, 6) is -2.98. The predicted octanol–water partition coefficient (Wildman–Crippen LogP) is 2.95. The molecule has 1 amide bonds. The van der Waals surface area contributed by atoms with E-state index in [0.29, 0.717) is 0 Å². The number of hydrogen-bond acceptors (Lipinski definition) is 5. The molecule has 1 aromatic carbocycles. The van der Waals surface area contributed by atoms with Gasteiger partial charge in [0.05, 0.1) is 16.6 Å². The molecular formula is C17H23F2N3O4S. The number of alkyl halides is 2. The molecule has 0 saturated heterocycles. The maximum Gasteiger partial charge on any atom is 0.408 e. The first-order valence-electron chi connectivity index (χ1n) is 8.24. The molecular weight excluding hydrogens is 380 g/mol. The molecule has 0 bridgehead atoms. The molecule has 0 aromatic heterocycles. The van der Waals surface area contributed by atoms with E-state index in [1.54, 1.807) is 32.9 Å². The minimum Gasteiger partial charge on any atom is -0.444 e. The number of hydrazone groups is 1. The molecule has 0 unspecified atom stereocenters. The first-order chi connectivity index (χ1) is 12.2. The SMILES string of the molecule is Cc1ccc(S(=O)(=O)NN=CC2(NC(=O)OC(C)(C)C)CC(F)(F)C2)cc1. The van der Waals surface area contributed by atoms with Gasteiger partial charge in [-0.25, -0.2) is 18.4 Å². The molecule has 1 aromatic rings. The van der Waals surface area contributed by atoms with E-state index in [1.807, 2.05) is 11.8 Å². The van der Waals surface area contributed by atoms with Crippen LogP contribution in [0.15, 0.2) is 34.3 Å². The average Bonchev–Trinajstić information content (AvgIpc) is 2.43. The van der Waals surface area contributed by atoms with Crippen LogP contribution in [0.1, 0.15) is 39.2 Å². The normalized spacial score (nSPS) is 18.6. The molecule has 2 N–H and O–H groups in total. The highest BCUT2D eigenvalue weighted by molar-refractivity contribution is 7.89. The van der Waals surface area contributed by atoms with Gasteiger partial charge < -0.3 is 10.1 Å². The molecule has 0 radical (unpaired) electrons. The third-order valence-corrected chi connectivity index (χ3v) is 4.95. The van der Waals surface area contributed by atoms with Gasteiger partial charge in [0.15, 0.2) is 0 Å². The molecule has 1 saturated carbocycles. The van der Waals surface area contributed by atoms with E-state index in [0.717, 1.165) is 11.8 Å². The Labute approximate surface area is 157 Å². The number of benzene rings is 1. The van der Waals surface area contributed by atoms with Crippen LogP contribution in [0.25, 0.3) is 0 Å². The smallest absolute Gasteiger partial charge is 0.408 e. The maximum absolute atomic E-state index is 13.4. The highest BCUT2D eigenvalue weighted by Gasteiger charge is 2.57. The number of nitrogens with zero attached hydrogens (tertiary/aromatic N) is 1. The Bertz CT molecular complexity index is 823. The lowest BCUT2D eigenvalue weighted by Crippen LogP contribution is -2.64. The predicted molar refractivity (Wildman–Crippen MR) is 96.3 cm³/mol. The van der Waals surface area contributed by atoms with Crippen molar-refractivity contribution in [3.05, 3.63) is 29.8 Å². The number of sulfonamides is 1. The maximum atomic E-state index is 13.4. The molecule has 1 aliphatic carbocycles. The number of rotatable bonds is 5. The fourth-order valence-electron chi connectivity index (χ4n) is 2.58. The van der Waals surface area contributed by atoms with Crippen molar-refractivity contribution in [2.75, 3.05) is 0 Å². The number of ether oxygens (including phenoxy) is 1. The third kappa shape index (κ3) is 5.88. The van der Waals surface area contributed by atoms with Gasteiger partial charge in [0.1, 0.15) is 5.60 Å². The topological polar surface area (TPSA) is 96.9 Å². The first-order valence-corrected chi connectivity index (χ1v) is 9.72. The summed E-state index contributed by atoms with van der Waals surface area (Å²) in [4.78, 5) is 13.9. The van der Waals surface area contributed by atoms with Crippen molar-refractivity contribution in [3.8, 4) is 0 Å². The fourth-order valence-corrected chi connectivity index (χ4v) is 3.37. The quantitative estimate of drug-likeness (QED) is 0.583. The van der Waals surface area contributed by atoms with Gasteiger partial charge in [0.2, 0.25) is 0 Å². The van der Waals surface area contributed by atoms with Crippen molar-refractivity contribution in [2.45, 2.75) is 62.5 Å². The number of nitrogens with one attached hydrogen (secondary N) is 2. The average molecular weight is 403 g/mol. The van der Waals surface area contributed by atoms with Gasteiger partial charge in [-0.2, -0.15) is 13.5 Å². The molecule has 0 spiro atoms. The van der Waals surface area contributed by atoms with E-state index < -0.39 is 46.0 Å². The number of amides is 1. The van der Waals surface area contributed by atoms with Crippen LogP contribution in [0, 0.1) is 6.92 Å². The zero-order valence-corrected chi connectivity index (χ0v) is 16.4. The summed E-state index contributed by atoms with van der Waals surface area (Å²) in [7, 11) is -3.95. The zero-order chi connectivity index (χ0) is 20.5. The van der Waals surface area contributed by atoms with Crippen molar-refractivity contribution in [1.29, 1.82) is 0 Å².